The van der Waals surface area contributed by atoms with Crippen molar-refractivity contribution in [1.82, 2.24) is 15.1 Å². The summed E-state index contributed by atoms with van der Waals surface area (Å²) in [5, 5.41) is 3.26. The molecular weight excluding hydrogens is 246 g/mol. The topological polar surface area (TPSA) is 35.6 Å². The Balaban J connectivity index is 1.83. The van der Waals surface area contributed by atoms with Crippen molar-refractivity contribution >= 4 is 17.7 Å². The Hall–Kier alpha value is -0.260. The minimum absolute atomic E-state index is 0.0446. The van der Waals surface area contributed by atoms with E-state index in [1.807, 2.05) is 23.7 Å². The highest BCUT2D eigenvalue weighted by atomic mass is 32.2. The van der Waals surface area contributed by atoms with Crippen molar-refractivity contribution in [2.75, 3.05) is 31.8 Å². The molecule has 1 atom stereocenters. The molecule has 0 aromatic rings. The predicted octanol–water partition coefficient (Wildman–Crippen LogP) is 0.980. The number of piperidine rings is 1. The lowest BCUT2D eigenvalue weighted by Gasteiger charge is -2.39. The Morgan fingerprint density at radius 2 is 2.06 bits per heavy atom. The average molecular weight is 271 g/mol. The number of carbonyl (C=O) groups excluding carboxylic acids is 1. The number of nitrogens with one attached hydrogen (secondary N) is 1. The van der Waals surface area contributed by atoms with E-state index in [1.165, 1.54) is 0 Å². The van der Waals surface area contributed by atoms with Gasteiger partial charge in [0.25, 0.3) is 0 Å². The minimum atomic E-state index is 0.0446. The van der Waals surface area contributed by atoms with E-state index in [1.54, 1.807) is 0 Å². The Kier molecular flexibility index (Phi) is 4.92. The number of rotatable bonds is 3. The van der Waals surface area contributed by atoms with Crippen LogP contribution >= 0.6 is 11.8 Å². The van der Waals surface area contributed by atoms with Crippen molar-refractivity contribution in [3.05, 3.63) is 0 Å². The smallest absolute Gasteiger partial charge is 0.240 e. The normalized spacial score (nSPS) is 26.8. The van der Waals surface area contributed by atoms with E-state index in [4.69, 9.17) is 0 Å². The van der Waals surface area contributed by atoms with Gasteiger partial charge in [-0.25, -0.2) is 0 Å². The van der Waals surface area contributed by atoms with Crippen LogP contribution in [-0.4, -0.2) is 65.6 Å². The van der Waals surface area contributed by atoms with Crippen LogP contribution < -0.4 is 5.32 Å². The lowest BCUT2D eigenvalue weighted by molar-refractivity contribution is -0.134. The second-order valence-corrected chi connectivity index (χ2v) is 6.61. The second kappa shape index (κ2) is 6.26. The third kappa shape index (κ3) is 3.19. The van der Waals surface area contributed by atoms with Gasteiger partial charge < -0.3 is 9.80 Å². The van der Waals surface area contributed by atoms with Gasteiger partial charge in [0, 0.05) is 43.9 Å². The first-order valence-electron chi connectivity index (χ1n) is 6.91. The standard InChI is InChI=1S/C13H25N3OS/c1-10(2)16-6-4-11(5-7-16)15(3)13(17)12-8-18-9-14-12/h10-12,14H,4-9H2,1-3H3. The zero-order chi connectivity index (χ0) is 13.1. The van der Waals surface area contributed by atoms with Crippen LogP contribution in [0, 0.1) is 0 Å². The summed E-state index contributed by atoms with van der Waals surface area (Å²) in [7, 11) is 1.97. The molecule has 1 amide bonds. The van der Waals surface area contributed by atoms with Crippen molar-refractivity contribution < 1.29 is 4.79 Å². The van der Waals surface area contributed by atoms with E-state index in [2.05, 4.69) is 24.1 Å². The fourth-order valence-electron chi connectivity index (χ4n) is 2.77. The molecule has 0 aliphatic carbocycles. The summed E-state index contributed by atoms with van der Waals surface area (Å²) in [6, 6.07) is 1.10. The molecule has 1 unspecified atom stereocenters. The highest BCUT2D eigenvalue weighted by Gasteiger charge is 2.31. The molecular formula is C13H25N3OS. The first-order chi connectivity index (χ1) is 8.59. The van der Waals surface area contributed by atoms with Crippen LogP contribution in [-0.2, 0) is 4.79 Å². The highest BCUT2D eigenvalue weighted by Crippen LogP contribution is 2.19. The first-order valence-corrected chi connectivity index (χ1v) is 8.07. The monoisotopic (exact) mass is 271 g/mol. The summed E-state index contributed by atoms with van der Waals surface area (Å²) >= 11 is 1.81. The average Bonchev–Trinajstić information content (AvgIpc) is 2.91. The van der Waals surface area contributed by atoms with Crippen LogP contribution in [0.2, 0.25) is 0 Å². The summed E-state index contributed by atoms with van der Waals surface area (Å²) in [6.45, 7) is 6.73. The molecule has 0 radical (unpaired) electrons. The van der Waals surface area contributed by atoms with Gasteiger partial charge in [-0.2, -0.15) is 0 Å². The molecule has 4 nitrogen and oxygen atoms in total. The number of carbonyl (C=O) groups is 1. The quantitative estimate of drug-likeness (QED) is 0.830. The summed E-state index contributed by atoms with van der Waals surface area (Å²) in [5.41, 5.74) is 0. The van der Waals surface area contributed by atoms with Crippen LogP contribution in [0.5, 0.6) is 0 Å². The van der Waals surface area contributed by atoms with Crippen LogP contribution in [0.1, 0.15) is 26.7 Å². The molecule has 5 heteroatoms. The van der Waals surface area contributed by atoms with Crippen molar-refractivity contribution in [2.24, 2.45) is 0 Å². The van der Waals surface area contributed by atoms with Crippen LogP contribution in [0.4, 0.5) is 0 Å². The molecule has 2 heterocycles. The fourth-order valence-corrected chi connectivity index (χ4v) is 3.70. The van der Waals surface area contributed by atoms with E-state index in [9.17, 15) is 4.79 Å². The molecule has 2 aliphatic rings. The maximum Gasteiger partial charge on any atom is 0.240 e. The molecule has 0 spiro atoms. The minimum Gasteiger partial charge on any atom is -0.341 e. The molecule has 2 rings (SSSR count). The van der Waals surface area contributed by atoms with E-state index in [-0.39, 0.29) is 11.9 Å². The van der Waals surface area contributed by atoms with E-state index >= 15 is 0 Å². The Bertz CT molecular complexity index is 284. The zero-order valence-corrected chi connectivity index (χ0v) is 12.5. The Labute approximate surface area is 114 Å². The molecule has 18 heavy (non-hydrogen) atoms. The largest absolute Gasteiger partial charge is 0.341 e. The van der Waals surface area contributed by atoms with Gasteiger partial charge >= 0.3 is 0 Å². The van der Waals surface area contributed by atoms with Crippen LogP contribution in [0.3, 0.4) is 0 Å². The number of amides is 1. The lowest BCUT2D eigenvalue weighted by atomic mass is 10.0. The summed E-state index contributed by atoms with van der Waals surface area (Å²) in [5.74, 6) is 2.12. The van der Waals surface area contributed by atoms with Gasteiger partial charge in [0.05, 0.1) is 6.04 Å². The summed E-state index contributed by atoms with van der Waals surface area (Å²) in [4.78, 5) is 16.8. The Morgan fingerprint density at radius 3 is 2.56 bits per heavy atom. The maximum absolute atomic E-state index is 12.3. The van der Waals surface area contributed by atoms with Crippen LogP contribution in [0.25, 0.3) is 0 Å². The number of hydrogen-bond acceptors (Lipinski definition) is 4. The maximum atomic E-state index is 12.3. The molecule has 2 aliphatic heterocycles. The lowest BCUT2D eigenvalue weighted by Crippen LogP contribution is -2.51. The Morgan fingerprint density at radius 1 is 1.39 bits per heavy atom. The molecule has 0 aromatic carbocycles. The molecule has 0 saturated carbocycles. The van der Waals surface area contributed by atoms with Crippen molar-refractivity contribution in [3.8, 4) is 0 Å². The van der Waals surface area contributed by atoms with E-state index in [0.717, 1.165) is 37.6 Å². The molecule has 2 fully saturated rings. The van der Waals surface area contributed by atoms with Gasteiger partial charge in [0.15, 0.2) is 0 Å². The van der Waals surface area contributed by atoms with Gasteiger partial charge in [-0.15, -0.1) is 11.8 Å². The van der Waals surface area contributed by atoms with Crippen molar-refractivity contribution in [3.63, 3.8) is 0 Å². The second-order valence-electron chi connectivity index (χ2n) is 5.58. The van der Waals surface area contributed by atoms with Gasteiger partial charge in [0.2, 0.25) is 5.91 Å². The molecule has 104 valence electrons. The van der Waals surface area contributed by atoms with E-state index < -0.39 is 0 Å². The van der Waals surface area contributed by atoms with Crippen LogP contribution in [0.15, 0.2) is 0 Å². The SMILES string of the molecule is CC(C)N1CCC(N(C)C(=O)C2CSCN2)CC1. The highest BCUT2D eigenvalue weighted by molar-refractivity contribution is 7.99. The summed E-state index contributed by atoms with van der Waals surface area (Å²) in [6.07, 6.45) is 2.22. The third-order valence-corrected chi connectivity index (χ3v) is 5.08. The molecule has 2 saturated heterocycles. The summed E-state index contributed by atoms with van der Waals surface area (Å²) < 4.78 is 0. The number of nitrogens with zero attached hydrogens (tertiary/aromatic N) is 2. The van der Waals surface area contributed by atoms with Gasteiger partial charge in [0.1, 0.15) is 0 Å². The number of thioether (sulfide) groups is 1. The van der Waals surface area contributed by atoms with E-state index in [0.29, 0.717) is 12.1 Å². The molecule has 0 aromatic heterocycles. The zero-order valence-electron chi connectivity index (χ0n) is 11.7. The molecule has 1 N–H and O–H groups in total. The fraction of sp³-hybridized carbons (Fsp3) is 0.923. The van der Waals surface area contributed by atoms with Crippen molar-refractivity contribution in [2.45, 2.75) is 44.8 Å². The number of likely N-dealkylation sites (N-methyl/N-ethyl adjacent to an activating group) is 1. The van der Waals surface area contributed by atoms with Gasteiger partial charge in [-0.05, 0) is 26.7 Å². The molecule has 0 bridgehead atoms. The van der Waals surface area contributed by atoms with Crippen molar-refractivity contribution in [1.29, 1.82) is 0 Å². The first kappa shape index (κ1) is 14.2. The number of hydrogen-bond donors (Lipinski definition) is 1. The predicted molar refractivity (Wildman–Crippen MR) is 76.7 cm³/mol. The third-order valence-electron chi connectivity index (χ3n) is 4.14. The van der Waals surface area contributed by atoms with Gasteiger partial charge in [-0.1, -0.05) is 0 Å². The number of likely N-dealkylation sites (tertiary alicyclic amines) is 1. The van der Waals surface area contributed by atoms with Gasteiger partial charge in [-0.3, -0.25) is 10.1 Å².